The number of hydrogen-bond donors (Lipinski definition) is 1. The zero-order chi connectivity index (χ0) is 21.6. The minimum atomic E-state index is -1.31. The Hall–Kier alpha value is -0.313. The number of carboxylic acid groups (broad SMARTS) is 1. The van der Waals surface area contributed by atoms with E-state index in [1.165, 1.54) is 127 Å². The maximum atomic E-state index is 11.1. The normalized spacial score (nSPS) is 11.8. The summed E-state index contributed by atoms with van der Waals surface area (Å²) in [7, 11) is -1.31. The van der Waals surface area contributed by atoms with Crippen LogP contribution in [-0.2, 0) is 4.79 Å². The van der Waals surface area contributed by atoms with Gasteiger partial charge in [-0.05, 0) is 6.42 Å². The SMILES string of the molecule is CCCCCCCCCC[Si](CCCCCC)(CCCCCC)CCCC(=O)O. The fourth-order valence-electron chi connectivity index (χ4n) is 4.85. The topological polar surface area (TPSA) is 37.3 Å². The zero-order valence-electron chi connectivity index (χ0n) is 20.4. The first kappa shape index (κ1) is 28.7. The first-order valence-corrected chi connectivity index (χ1v) is 16.1. The Morgan fingerprint density at radius 3 is 1.21 bits per heavy atom. The molecule has 0 unspecified atom stereocenters. The van der Waals surface area contributed by atoms with Gasteiger partial charge in [0.25, 0.3) is 0 Å². The van der Waals surface area contributed by atoms with E-state index >= 15 is 0 Å². The summed E-state index contributed by atoms with van der Waals surface area (Å²) in [5.41, 5.74) is 0. The Morgan fingerprint density at radius 1 is 0.517 bits per heavy atom. The van der Waals surface area contributed by atoms with Crippen LogP contribution in [0.5, 0.6) is 0 Å². The minimum absolute atomic E-state index is 0.385. The molecule has 0 bridgehead atoms. The number of aliphatic carboxylic acids is 1. The molecule has 0 spiro atoms. The standard InChI is InChI=1S/C26H54O2Si/c1-4-7-10-13-14-15-16-19-24-29(22-17-11-8-5-2,23-18-12-9-6-3)25-20-21-26(27)28/h4-25H2,1-3H3,(H,27,28). The molecule has 0 radical (unpaired) electrons. The van der Waals surface area contributed by atoms with Crippen LogP contribution in [0.25, 0.3) is 0 Å². The van der Waals surface area contributed by atoms with Crippen LogP contribution in [0, 0.1) is 0 Å². The molecule has 0 saturated heterocycles. The molecule has 0 fully saturated rings. The molecule has 0 heterocycles. The summed E-state index contributed by atoms with van der Waals surface area (Å²) in [5, 5.41) is 9.15. The second kappa shape index (κ2) is 20.9. The van der Waals surface area contributed by atoms with Gasteiger partial charge in [-0.3, -0.25) is 4.79 Å². The van der Waals surface area contributed by atoms with E-state index in [1.807, 2.05) is 0 Å². The summed E-state index contributed by atoms with van der Waals surface area (Å²) in [5.74, 6) is -0.600. The molecule has 0 aromatic heterocycles. The van der Waals surface area contributed by atoms with E-state index in [9.17, 15) is 4.79 Å². The van der Waals surface area contributed by atoms with Gasteiger partial charge < -0.3 is 5.11 Å². The first-order chi connectivity index (χ1) is 14.1. The number of carboxylic acids is 1. The van der Waals surface area contributed by atoms with Gasteiger partial charge in [-0.25, -0.2) is 0 Å². The van der Waals surface area contributed by atoms with Crippen molar-refractivity contribution < 1.29 is 9.90 Å². The summed E-state index contributed by atoms with van der Waals surface area (Å²) in [4.78, 5) is 11.1. The molecular weight excluding hydrogens is 372 g/mol. The van der Waals surface area contributed by atoms with Gasteiger partial charge in [-0.15, -0.1) is 0 Å². The van der Waals surface area contributed by atoms with Crippen LogP contribution in [0.3, 0.4) is 0 Å². The Kier molecular flexibility index (Phi) is 20.7. The van der Waals surface area contributed by atoms with Crippen molar-refractivity contribution in [1.29, 1.82) is 0 Å². The molecule has 0 rings (SSSR count). The van der Waals surface area contributed by atoms with Crippen LogP contribution in [0.1, 0.15) is 136 Å². The van der Waals surface area contributed by atoms with Crippen molar-refractivity contribution >= 4 is 14.0 Å². The molecule has 0 aliphatic rings. The number of rotatable bonds is 23. The average molecular weight is 427 g/mol. The Labute approximate surface area is 184 Å². The summed E-state index contributed by atoms with van der Waals surface area (Å²) in [6.45, 7) is 6.88. The Morgan fingerprint density at radius 2 is 0.828 bits per heavy atom. The van der Waals surface area contributed by atoms with Crippen molar-refractivity contribution in [3.8, 4) is 0 Å². The lowest BCUT2D eigenvalue weighted by molar-refractivity contribution is -0.137. The highest BCUT2D eigenvalue weighted by Crippen LogP contribution is 2.34. The molecular formula is C26H54O2Si. The molecule has 0 aliphatic carbocycles. The van der Waals surface area contributed by atoms with Crippen molar-refractivity contribution in [3.63, 3.8) is 0 Å². The molecule has 2 nitrogen and oxygen atoms in total. The summed E-state index contributed by atoms with van der Waals surface area (Å²) in [6.07, 6.45) is 23.5. The van der Waals surface area contributed by atoms with E-state index in [2.05, 4.69) is 20.8 Å². The predicted octanol–water partition coefficient (Wildman–Crippen LogP) is 9.60. The summed E-state index contributed by atoms with van der Waals surface area (Å²) < 4.78 is 0. The van der Waals surface area contributed by atoms with Gasteiger partial charge in [0.05, 0.1) is 8.07 Å². The molecule has 3 heteroatoms. The smallest absolute Gasteiger partial charge is 0.303 e. The third kappa shape index (κ3) is 18.2. The molecule has 0 aliphatic heterocycles. The second-order valence-electron chi connectivity index (χ2n) is 9.59. The fourth-order valence-corrected chi connectivity index (χ4v) is 10.3. The monoisotopic (exact) mass is 426 g/mol. The van der Waals surface area contributed by atoms with Crippen LogP contribution < -0.4 is 0 Å². The third-order valence-electron chi connectivity index (χ3n) is 6.78. The minimum Gasteiger partial charge on any atom is -0.481 e. The van der Waals surface area contributed by atoms with E-state index in [-0.39, 0.29) is 0 Å². The van der Waals surface area contributed by atoms with Gasteiger partial charge >= 0.3 is 5.97 Å². The van der Waals surface area contributed by atoms with E-state index < -0.39 is 14.0 Å². The van der Waals surface area contributed by atoms with Crippen molar-refractivity contribution in [3.05, 3.63) is 0 Å². The quantitative estimate of drug-likeness (QED) is 0.130. The molecule has 174 valence electrons. The number of carbonyl (C=O) groups is 1. The van der Waals surface area contributed by atoms with Crippen molar-refractivity contribution in [2.45, 2.75) is 161 Å². The number of hydrogen-bond acceptors (Lipinski definition) is 1. The molecule has 1 N–H and O–H groups in total. The summed E-state index contributed by atoms with van der Waals surface area (Å²) in [6, 6.07) is 5.68. The van der Waals surface area contributed by atoms with Crippen molar-refractivity contribution in [2.75, 3.05) is 0 Å². The van der Waals surface area contributed by atoms with Crippen molar-refractivity contribution in [1.82, 2.24) is 0 Å². The highest BCUT2D eigenvalue weighted by molar-refractivity contribution is 6.79. The van der Waals surface area contributed by atoms with Gasteiger partial charge in [0.2, 0.25) is 0 Å². The van der Waals surface area contributed by atoms with Crippen LogP contribution >= 0.6 is 0 Å². The van der Waals surface area contributed by atoms with Gasteiger partial charge in [-0.1, -0.05) is 148 Å². The van der Waals surface area contributed by atoms with Crippen LogP contribution in [0.2, 0.25) is 24.2 Å². The molecule has 0 aromatic rings. The van der Waals surface area contributed by atoms with E-state index in [1.54, 1.807) is 0 Å². The van der Waals surface area contributed by atoms with Gasteiger partial charge in [0.15, 0.2) is 0 Å². The molecule has 0 saturated carbocycles. The zero-order valence-corrected chi connectivity index (χ0v) is 21.4. The van der Waals surface area contributed by atoms with E-state index in [4.69, 9.17) is 5.11 Å². The van der Waals surface area contributed by atoms with Gasteiger partial charge in [0, 0.05) is 6.42 Å². The molecule has 0 amide bonds. The number of unbranched alkanes of at least 4 members (excludes halogenated alkanes) is 13. The van der Waals surface area contributed by atoms with Crippen LogP contribution in [0.4, 0.5) is 0 Å². The lowest BCUT2D eigenvalue weighted by Crippen LogP contribution is -2.34. The highest BCUT2D eigenvalue weighted by Gasteiger charge is 2.30. The van der Waals surface area contributed by atoms with E-state index in [0.717, 1.165) is 6.42 Å². The van der Waals surface area contributed by atoms with Gasteiger partial charge in [-0.2, -0.15) is 0 Å². The van der Waals surface area contributed by atoms with E-state index in [0.29, 0.717) is 6.42 Å². The highest BCUT2D eigenvalue weighted by atomic mass is 28.3. The fraction of sp³-hybridized carbons (Fsp3) is 0.962. The molecule has 0 aromatic carbocycles. The van der Waals surface area contributed by atoms with Gasteiger partial charge in [0.1, 0.15) is 0 Å². The summed E-state index contributed by atoms with van der Waals surface area (Å²) >= 11 is 0. The molecule has 0 atom stereocenters. The Balaban J connectivity index is 4.60. The van der Waals surface area contributed by atoms with Crippen LogP contribution in [-0.4, -0.2) is 19.1 Å². The van der Waals surface area contributed by atoms with Crippen LogP contribution in [0.15, 0.2) is 0 Å². The third-order valence-corrected chi connectivity index (χ3v) is 12.4. The predicted molar refractivity (Wildman–Crippen MR) is 133 cm³/mol. The second-order valence-corrected chi connectivity index (χ2v) is 14.6. The maximum absolute atomic E-state index is 11.1. The first-order valence-electron chi connectivity index (χ1n) is 13.3. The lowest BCUT2D eigenvalue weighted by Gasteiger charge is -2.33. The maximum Gasteiger partial charge on any atom is 0.303 e. The average Bonchev–Trinajstić information content (AvgIpc) is 2.70. The largest absolute Gasteiger partial charge is 0.481 e. The van der Waals surface area contributed by atoms with Crippen molar-refractivity contribution in [2.24, 2.45) is 0 Å². The lowest BCUT2D eigenvalue weighted by atomic mass is 10.1. The Bertz CT molecular complexity index is 345. The molecule has 29 heavy (non-hydrogen) atoms.